The van der Waals surface area contributed by atoms with Gasteiger partial charge in [0.25, 0.3) is 5.89 Å². The minimum Gasteiger partial charge on any atom is -0.485 e. The van der Waals surface area contributed by atoms with Gasteiger partial charge in [0.05, 0.1) is 0 Å². The summed E-state index contributed by atoms with van der Waals surface area (Å²) in [5, 5.41) is 4.72. The number of rotatable bonds is 4. The van der Waals surface area contributed by atoms with Crippen LogP contribution in [0.25, 0.3) is 11.0 Å². The largest absolute Gasteiger partial charge is 0.485 e. The Kier molecular flexibility index (Phi) is 3.55. The second-order valence-corrected chi connectivity index (χ2v) is 5.29. The fourth-order valence-corrected chi connectivity index (χ4v) is 2.51. The molecular formula is C16H14N2O5. The van der Waals surface area contributed by atoms with Crippen molar-refractivity contribution in [1.82, 2.24) is 10.1 Å². The van der Waals surface area contributed by atoms with Gasteiger partial charge in [-0.1, -0.05) is 5.16 Å². The normalized spacial score (nSPS) is 17.7. The average molecular weight is 314 g/mol. The summed E-state index contributed by atoms with van der Waals surface area (Å²) in [6, 6.07) is 8.37. The van der Waals surface area contributed by atoms with E-state index in [0.29, 0.717) is 23.0 Å². The molecule has 1 aromatic carbocycles. The molecule has 118 valence electrons. The molecule has 1 unspecified atom stereocenters. The first kappa shape index (κ1) is 14.0. The first-order valence-electron chi connectivity index (χ1n) is 7.39. The van der Waals surface area contributed by atoms with Crippen molar-refractivity contribution in [2.45, 2.75) is 25.6 Å². The molecule has 1 fully saturated rings. The molecule has 0 spiro atoms. The molecule has 1 saturated heterocycles. The Bertz CT molecular complexity index is 879. The zero-order chi connectivity index (χ0) is 15.6. The second-order valence-electron chi connectivity index (χ2n) is 5.29. The summed E-state index contributed by atoms with van der Waals surface area (Å²) in [4.78, 5) is 15.5. The molecule has 7 nitrogen and oxygen atoms in total. The van der Waals surface area contributed by atoms with Crippen molar-refractivity contribution in [3.05, 3.63) is 52.5 Å². The fourth-order valence-electron chi connectivity index (χ4n) is 2.51. The van der Waals surface area contributed by atoms with Gasteiger partial charge in [-0.25, -0.2) is 4.79 Å². The molecule has 7 heteroatoms. The highest BCUT2D eigenvalue weighted by molar-refractivity contribution is 5.77. The van der Waals surface area contributed by atoms with Crippen LogP contribution in [0.2, 0.25) is 0 Å². The van der Waals surface area contributed by atoms with Gasteiger partial charge in [-0.2, -0.15) is 4.98 Å². The predicted octanol–water partition coefficient (Wildman–Crippen LogP) is 2.61. The third-order valence-electron chi connectivity index (χ3n) is 3.65. The molecule has 3 aromatic rings. The van der Waals surface area contributed by atoms with Gasteiger partial charge in [-0.05, 0) is 31.0 Å². The van der Waals surface area contributed by atoms with Crippen LogP contribution in [-0.2, 0) is 11.3 Å². The van der Waals surface area contributed by atoms with Crippen LogP contribution in [0.4, 0.5) is 0 Å². The van der Waals surface area contributed by atoms with E-state index >= 15 is 0 Å². The summed E-state index contributed by atoms with van der Waals surface area (Å²) < 4.78 is 21.4. The first-order valence-corrected chi connectivity index (χ1v) is 7.39. The van der Waals surface area contributed by atoms with Crippen LogP contribution in [0.5, 0.6) is 5.75 Å². The Balaban J connectivity index is 1.47. The van der Waals surface area contributed by atoms with Gasteiger partial charge in [0, 0.05) is 24.1 Å². The number of hydrogen-bond donors (Lipinski definition) is 0. The third kappa shape index (κ3) is 2.95. The number of ether oxygens (including phenoxy) is 2. The minimum absolute atomic E-state index is 0.105. The Morgan fingerprint density at radius 2 is 2.17 bits per heavy atom. The van der Waals surface area contributed by atoms with E-state index in [-0.39, 0.29) is 12.7 Å². The van der Waals surface area contributed by atoms with E-state index in [4.69, 9.17) is 18.4 Å². The topological polar surface area (TPSA) is 87.6 Å². The van der Waals surface area contributed by atoms with Gasteiger partial charge >= 0.3 is 5.63 Å². The lowest BCUT2D eigenvalue weighted by Gasteiger charge is -2.04. The molecule has 0 aliphatic carbocycles. The maximum absolute atomic E-state index is 11.3. The molecular weight excluding hydrogens is 300 g/mol. The van der Waals surface area contributed by atoms with Crippen LogP contribution < -0.4 is 10.4 Å². The number of hydrogen-bond acceptors (Lipinski definition) is 7. The van der Waals surface area contributed by atoms with Crippen LogP contribution in [0.3, 0.4) is 0 Å². The van der Waals surface area contributed by atoms with Crippen molar-refractivity contribution in [2.75, 3.05) is 6.61 Å². The van der Waals surface area contributed by atoms with Gasteiger partial charge in [0.2, 0.25) is 5.82 Å². The van der Waals surface area contributed by atoms with E-state index in [1.807, 2.05) is 6.07 Å². The summed E-state index contributed by atoms with van der Waals surface area (Å²) in [5.41, 5.74) is 0.0807. The number of aromatic nitrogens is 2. The summed E-state index contributed by atoms with van der Waals surface area (Å²) in [7, 11) is 0. The molecule has 2 aromatic heterocycles. The molecule has 1 atom stereocenters. The molecule has 0 radical (unpaired) electrons. The first-order chi connectivity index (χ1) is 11.3. The predicted molar refractivity (Wildman–Crippen MR) is 79.0 cm³/mol. The summed E-state index contributed by atoms with van der Waals surface area (Å²) in [6.07, 6.45) is 1.79. The monoisotopic (exact) mass is 314 g/mol. The minimum atomic E-state index is -0.394. The Morgan fingerprint density at radius 1 is 1.26 bits per heavy atom. The Morgan fingerprint density at radius 3 is 3.04 bits per heavy atom. The summed E-state index contributed by atoms with van der Waals surface area (Å²) in [6.45, 7) is 0.889. The van der Waals surface area contributed by atoms with Gasteiger partial charge in [-0.15, -0.1) is 0 Å². The zero-order valence-corrected chi connectivity index (χ0v) is 12.2. The molecule has 0 saturated carbocycles. The lowest BCUT2D eigenvalue weighted by atomic mass is 10.2. The van der Waals surface area contributed by atoms with Crippen molar-refractivity contribution in [1.29, 1.82) is 0 Å². The molecule has 23 heavy (non-hydrogen) atoms. The van der Waals surface area contributed by atoms with Crippen LogP contribution in [-0.4, -0.2) is 16.7 Å². The quantitative estimate of drug-likeness (QED) is 0.684. The van der Waals surface area contributed by atoms with Crippen molar-refractivity contribution in [3.8, 4) is 5.75 Å². The zero-order valence-electron chi connectivity index (χ0n) is 12.2. The molecule has 4 rings (SSSR count). The standard InChI is InChI=1S/C16H14N2O5/c19-15-6-4-10-3-5-11(8-13(10)22-15)21-9-14-17-16(23-18-14)12-2-1-7-20-12/h3-6,8,12H,1-2,7,9H2. The third-order valence-corrected chi connectivity index (χ3v) is 3.65. The van der Waals surface area contributed by atoms with E-state index in [1.165, 1.54) is 6.07 Å². The van der Waals surface area contributed by atoms with Crippen molar-refractivity contribution < 1.29 is 18.4 Å². The highest BCUT2D eigenvalue weighted by Gasteiger charge is 2.23. The maximum atomic E-state index is 11.3. The molecule has 0 amide bonds. The number of benzene rings is 1. The molecule has 0 N–H and O–H groups in total. The van der Waals surface area contributed by atoms with Crippen LogP contribution in [0.15, 0.2) is 44.1 Å². The van der Waals surface area contributed by atoms with E-state index in [2.05, 4.69) is 10.1 Å². The van der Waals surface area contributed by atoms with E-state index in [9.17, 15) is 4.79 Å². The number of fused-ring (bicyclic) bond motifs is 1. The van der Waals surface area contributed by atoms with E-state index < -0.39 is 5.63 Å². The highest BCUT2D eigenvalue weighted by Crippen LogP contribution is 2.27. The van der Waals surface area contributed by atoms with Crippen LogP contribution in [0, 0.1) is 0 Å². The van der Waals surface area contributed by atoms with Crippen LogP contribution >= 0.6 is 0 Å². The lowest BCUT2D eigenvalue weighted by Crippen LogP contribution is -2.00. The van der Waals surface area contributed by atoms with Gasteiger partial charge < -0.3 is 18.4 Å². The van der Waals surface area contributed by atoms with E-state index in [0.717, 1.165) is 24.8 Å². The van der Waals surface area contributed by atoms with Gasteiger partial charge in [-0.3, -0.25) is 0 Å². The van der Waals surface area contributed by atoms with Crippen molar-refractivity contribution in [2.24, 2.45) is 0 Å². The smallest absolute Gasteiger partial charge is 0.336 e. The lowest BCUT2D eigenvalue weighted by molar-refractivity contribution is 0.0835. The van der Waals surface area contributed by atoms with E-state index in [1.54, 1.807) is 18.2 Å². The fraction of sp³-hybridized carbons (Fsp3) is 0.312. The highest BCUT2D eigenvalue weighted by atomic mass is 16.5. The summed E-state index contributed by atoms with van der Waals surface area (Å²) in [5.74, 6) is 1.51. The molecule has 0 bridgehead atoms. The molecule has 3 heterocycles. The SMILES string of the molecule is O=c1ccc2ccc(OCc3noc(C4CCCO4)n3)cc2o1. The molecule has 1 aliphatic rings. The van der Waals surface area contributed by atoms with Gasteiger partial charge in [0.1, 0.15) is 17.4 Å². The maximum Gasteiger partial charge on any atom is 0.336 e. The molecule has 1 aliphatic heterocycles. The number of nitrogens with zero attached hydrogens (tertiary/aromatic N) is 2. The Hall–Kier alpha value is -2.67. The van der Waals surface area contributed by atoms with Gasteiger partial charge in [0.15, 0.2) is 6.61 Å². The van der Waals surface area contributed by atoms with Crippen molar-refractivity contribution in [3.63, 3.8) is 0 Å². The average Bonchev–Trinajstić information content (AvgIpc) is 3.23. The van der Waals surface area contributed by atoms with Crippen LogP contribution in [0.1, 0.15) is 30.7 Å². The summed E-state index contributed by atoms with van der Waals surface area (Å²) >= 11 is 0. The van der Waals surface area contributed by atoms with Crippen molar-refractivity contribution >= 4 is 11.0 Å². The second kappa shape index (κ2) is 5.85. The Labute approximate surface area is 130 Å².